The average Bonchev–Trinajstić information content (AvgIpc) is 2.83. The maximum atomic E-state index is 13.0. The first-order chi connectivity index (χ1) is 11.6. The Morgan fingerprint density at radius 2 is 2.12 bits per heavy atom. The minimum absolute atomic E-state index is 0.0654. The molecule has 128 valence electrons. The van der Waals surface area contributed by atoms with Gasteiger partial charge in [0.05, 0.1) is 23.1 Å². The molecule has 1 aromatic carbocycles. The monoisotopic (exact) mass is 346 g/mol. The fourth-order valence-corrected chi connectivity index (χ4v) is 3.30. The van der Waals surface area contributed by atoms with Gasteiger partial charge in [0.15, 0.2) is 0 Å². The summed E-state index contributed by atoms with van der Waals surface area (Å²) in [5.74, 6) is 0.242. The molecule has 24 heavy (non-hydrogen) atoms. The van der Waals surface area contributed by atoms with Crippen LogP contribution in [0.4, 0.5) is 0 Å². The van der Waals surface area contributed by atoms with E-state index in [2.05, 4.69) is 24.3 Å². The Kier molecular flexibility index (Phi) is 5.21. The quantitative estimate of drug-likeness (QED) is 0.929. The summed E-state index contributed by atoms with van der Waals surface area (Å²) in [6, 6.07) is 7.55. The van der Waals surface area contributed by atoms with Crippen molar-refractivity contribution in [3.63, 3.8) is 0 Å². The zero-order valence-corrected chi connectivity index (χ0v) is 14.9. The first kappa shape index (κ1) is 17.0. The molecule has 2 heterocycles. The van der Waals surface area contributed by atoms with E-state index in [1.54, 1.807) is 6.20 Å². The highest BCUT2D eigenvalue weighted by Crippen LogP contribution is 2.25. The predicted octanol–water partition coefficient (Wildman–Crippen LogP) is 3.08. The lowest BCUT2D eigenvalue weighted by Gasteiger charge is -2.21. The second-order valence-corrected chi connectivity index (χ2v) is 6.82. The Bertz CT molecular complexity index is 718. The van der Waals surface area contributed by atoms with Crippen molar-refractivity contribution in [3.05, 3.63) is 46.7 Å². The SMILES string of the molecule is CC(C)c1c(C(=O)N2CCCNCC2)cnn1-c1cccc(Cl)c1. The van der Waals surface area contributed by atoms with Crippen molar-refractivity contribution in [1.82, 2.24) is 20.0 Å². The van der Waals surface area contributed by atoms with Gasteiger partial charge in [-0.25, -0.2) is 4.68 Å². The Balaban J connectivity index is 1.98. The number of benzene rings is 1. The van der Waals surface area contributed by atoms with Crippen molar-refractivity contribution < 1.29 is 4.79 Å². The van der Waals surface area contributed by atoms with Crippen molar-refractivity contribution >= 4 is 17.5 Å². The molecule has 1 aromatic heterocycles. The summed E-state index contributed by atoms with van der Waals surface area (Å²) in [5.41, 5.74) is 2.49. The number of nitrogens with one attached hydrogen (secondary N) is 1. The normalized spacial score (nSPS) is 15.6. The van der Waals surface area contributed by atoms with Crippen LogP contribution in [0.1, 0.15) is 42.2 Å². The van der Waals surface area contributed by atoms with Gasteiger partial charge in [0.1, 0.15) is 0 Å². The summed E-state index contributed by atoms with van der Waals surface area (Å²) in [6.45, 7) is 7.48. The number of rotatable bonds is 3. The highest BCUT2D eigenvalue weighted by molar-refractivity contribution is 6.30. The first-order valence-corrected chi connectivity index (χ1v) is 8.79. The molecule has 5 nitrogen and oxygen atoms in total. The summed E-state index contributed by atoms with van der Waals surface area (Å²) < 4.78 is 1.83. The van der Waals surface area contributed by atoms with Gasteiger partial charge in [-0.1, -0.05) is 31.5 Å². The molecule has 0 aliphatic carbocycles. The Hall–Kier alpha value is -1.85. The lowest BCUT2D eigenvalue weighted by molar-refractivity contribution is 0.0765. The summed E-state index contributed by atoms with van der Waals surface area (Å²) in [7, 11) is 0. The van der Waals surface area contributed by atoms with Gasteiger partial charge in [0.25, 0.3) is 5.91 Å². The van der Waals surface area contributed by atoms with Crippen LogP contribution in [0.15, 0.2) is 30.5 Å². The molecule has 3 rings (SSSR count). The maximum absolute atomic E-state index is 13.0. The van der Waals surface area contributed by atoms with Crippen LogP contribution in [0.25, 0.3) is 5.69 Å². The Morgan fingerprint density at radius 3 is 2.88 bits per heavy atom. The molecule has 1 N–H and O–H groups in total. The number of amides is 1. The van der Waals surface area contributed by atoms with Gasteiger partial charge in [-0.15, -0.1) is 0 Å². The fraction of sp³-hybridized carbons (Fsp3) is 0.444. The van der Waals surface area contributed by atoms with Gasteiger partial charge < -0.3 is 10.2 Å². The van der Waals surface area contributed by atoms with E-state index in [-0.39, 0.29) is 11.8 Å². The van der Waals surface area contributed by atoms with E-state index in [1.807, 2.05) is 33.8 Å². The third kappa shape index (κ3) is 3.47. The molecule has 6 heteroatoms. The Morgan fingerprint density at radius 1 is 1.29 bits per heavy atom. The van der Waals surface area contributed by atoms with Gasteiger partial charge in [-0.2, -0.15) is 5.10 Å². The van der Waals surface area contributed by atoms with E-state index in [4.69, 9.17) is 11.6 Å². The van der Waals surface area contributed by atoms with Crippen LogP contribution in [-0.2, 0) is 0 Å². The standard InChI is InChI=1S/C18H23ClN4O/c1-13(2)17-16(18(24)22-9-4-7-20-8-10-22)12-21-23(17)15-6-3-5-14(19)11-15/h3,5-6,11-13,20H,4,7-10H2,1-2H3. The van der Waals surface area contributed by atoms with Gasteiger partial charge in [-0.3, -0.25) is 4.79 Å². The third-order valence-corrected chi connectivity index (χ3v) is 4.50. The zero-order chi connectivity index (χ0) is 17.1. The van der Waals surface area contributed by atoms with Crippen LogP contribution < -0.4 is 5.32 Å². The lowest BCUT2D eigenvalue weighted by Crippen LogP contribution is -2.34. The van der Waals surface area contributed by atoms with Crippen LogP contribution in [0.5, 0.6) is 0 Å². The third-order valence-electron chi connectivity index (χ3n) is 4.26. The maximum Gasteiger partial charge on any atom is 0.257 e. The van der Waals surface area contributed by atoms with Gasteiger partial charge in [-0.05, 0) is 37.1 Å². The van der Waals surface area contributed by atoms with E-state index in [1.165, 1.54) is 0 Å². The van der Waals surface area contributed by atoms with Gasteiger partial charge >= 0.3 is 0 Å². The topological polar surface area (TPSA) is 50.2 Å². The van der Waals surface area contributed by atoms with E-state index in [0.29, 0.717) is 10.6 Å². The second kappa shape index (κ2) is 7.36. The molecule has 0 saturated carbocycles. The zero-order valence-electron chi connectivity index (χ0n) is 14.1. The summed E-state index contributed by atoms with van der Waals surface area (Å²) in [4.78, 5) is 14.9. The largest absolute Gasteiger partial charge is 0.337 e. The molecule has 0 unspecified atom stereocenters. The summed E-state index contributed by atoms with van der Waals surface area (Å²) >= 11 is 6.11. The van der Waals surface area contributed by atoms with Crippen LogP contribution in [0.2, 0.25) is 5.02 Å². The molecule has 1 aliphatic heterocycles. The molecule has 0 radical (unpaired) electrons. The van der Waals surface area contributed by atoms with Crippen LogP contribution in [0.3, 0.4) is 0 Å². The van der Waals surface area contributed by atoms with Crippen molar-refractivity contribution in [3.8, 4) is 5.69 Å². The highest BCUT2D eigenvalue weighted by Gasteiger charge is 2.25. The Labute approximate surface area is 147 Å². The highest BCUT2D eigenvalue weighted by atomic mass is 35.5. The molecule has 0 atom stereocenters. The second-order valence-electron chi connectivity index (χ2n) is 6.39. The van der Waals surface area contributed by atoms with E-state index in [9.17, 15) is 4.79 Å². The van der Waals surface area contributed by atoms with Crippen molar-refractivity contribution in [2.75, 3.05) is 26.2 Å². The first-order valence-electron chi connectivity index (χ1n) is 8.42. The minimum Gasteiger partial charge on any atom is -0.337 e. The van der Waals surface area contributed by atoms with Crippen LogP contribution >= 0.6 is 11.6 Å². The minimum atomic E-state index is 0.0654. The smallest absolute Gasteiger partial charge is 0.257 e. The average molecular weight is 347 g/mol. The van der Waals surface area contributed by atoms with E-state index >= 15 is 0 Å². The number of carbonyl (C=O) groups excluding carboxylic acids is 1. The molecular formula is C18H23ClN4O. The van der Waals surface area contributed by atoms with Crippen LogP contribution in [-0.4, -0.2) is 46.8 Å². The van der Waals surface area contributed by atoms with Crippen molar-refractivity contribution in [2.24, 2.45) is 0 Å². The molecular weight excluding hydrogens is 324 g/mol. The van der Waals surface area contributed by atoms with E-state index < -0.39 is 0 Å². The van der Waals surface area contributed by atoms with Crippen molar-refractivity contribution in [1.29, 1.82) is 0 Å². The van der Waals surface area contributed by atoms with Crippen molar-refractivity contribution in [2.45, 2.75) is 26.2 Å². The number of halogens is 1. The molecule has 0 spiro atoms. The molecule has 1 amide bonds. The predicted molar refractivity (Wildman–Crippen MR) is 96.1 cm³/mol. The number of carbonyl (C=O) groups is 1. The number of hydrogen-bond acceptors (Lipinski definition) is 3. The fourth-order valence-electron chi connectivity index (χ4n) is 3.11. The van der Waals surface area contributed by atoms with Gasteiger partial charge in [0, 0.05) is 24.7 Å². The van der Waals surface area contributed by atoms with E-state index in [0.717, 1.165) is 44.0 Å². The number of hydrogen-bond donors (Lipinski definition) is 1. The molecule has 1 saturated heterocycles. The molecule has 2 aromatic rings. The molecule has 1 aliphatic rings. The molecule has 1 fully saturated rings. The summed E-state index contributed by atoms with van der Waals surface area (Å²) in [6.07, 6.45) is 2.67. The van der Waals surface area contributed by atoms with Gasteiger partial charge in [0.2, 0.25) is 0 Å². The lowest BCUT2D eigenvalue weighted by atomic mass is 10.0. The summed E-state index contributed by atoms with van der Waals surface area (Å²) in [5, 5.41) is 8.47. The number of aromatic nitrogens is 2. The molecule has 0 bridgehead atoms. The number of nitrogens with zero attached hydrogens (tertiary/aromatic N) is 3. The van der Waals surface area contributed by atoms with Crippen LogP contribution in [0, 0.1) is 0 Å².